The van der Waals surface area contributed by atoms with E-state index in [-0.39, 0.29) is 43.7 Å². The number of aliphatic hydroxyl groups excluding tert-OH is 1. The molecule has 0 saturated carbocycles. The van der Waals surface area contributed by atoms with Crippen LogP contribution in [0.2, 0.25) is 0 Å². The minimum atomic E-state index is -1.88. The van der Waals surface area contributed by atoms with Crippen LogP contribution in [0.4, 0.5) is 0 Å². The number of hydrogen-bond donors (Lipinski definition) is 15. The Morgan fingerprint density at radius 1 is 0.694 bits per heavy atom. The van der Waals surface area contributed by atoms with Crippen LogP contribution in [0.1, 0.15) is 57.9 Å². The molecule has 7 atom stereocenters. The van der Waals surface area contributed by atoms with Crippen molar-refractivity contribution in [1.29, 1.82) is 0 Å². The number of phenols is 1. The van der Waals surface area contributed by atoms with Crippen LogP contribution in [0.15, 0.2) is 24.3 Å². The molecule has 0 bridgehead atoms. The van der Waals surface area contributed by atoms with E-state index in [0.29, 0.717) is 18.4 Å². The van der Waals surface area contributed by atoms with E-state index in [1.165, 1.54) is 38.1 Å². The van der Waals surface area contributed by atoms with Gasteiger partial charge in [0.1, 0.15) is 42.0 Å². The molecule has 0 unspecified atom stereocenters. The fourth-order valence-electron chi connectivity index (χ4n) is 5.46. The quantitative estimate of drug-likeness (QED) is 0.0264. The molecule has 0 heterocycles. The summed E-state index contributed by atoms with van der Waals surface area (Å²) in [6, 6.07) is -4.75. The van der Waals surface area contributed by atoms with E-state index < -0.39 is 127 Å². The van der Waals surface area contributed by atoms with E-state index in [4.69, 9.17) is 17.2 Å². The van der Waals surface area contributed by atoms with Gasteiger partial charge in [-0.15, -0.1) is 0 Å². The summed E-state index contributed by atoms with van der Waals surface area (Å²) < 4.78 is 0. The number of carbonyl (C=O) groups excluding carboxylic acids is 8. The van der Waals surface area contributed by atoms with Crippen molar-refractivity contribution in [3.05, 3.63) is 29.8 Å². The Morgan fingerprint density at radius 3 is 1.77 bits per heavy atom. The highest BCUT2D eigenvalue weighted by molar-refractivity contribution is 7.80. The highest BCUT2D eigenvalue weighted by atomic mass is 32.1. The summed E-state index contributed by atoms with van der Waals surface area (Å²) >= 11 is 3.94. The third-order valence-corrected chi connectivity index (χ3v) is 9.33. The number of aliphatic hydroxyl groups is 1. The van der Waals surface area contributed by atoms with E-state index in [0.717, 1.165) is 0 Å². The Bertz CT molecular complexity index is 1730. The van der Waals surface area contributed by atoms with Crippen LogP contribution in [0, 0.1) is 5.92 Å². The van der Waals surface area contributed by atoms with Crippen molar-refractivity contribution < 1.29 is 68.4 Å². The summed E-state index contributed by atoms with van der Waals surface area (Å²) in [5.74, 6) is -11.5. The molecule has 0 aliphatic rings. The number of aromatic hydroxyl groups is 1. The number of aliphatic carboxylic acids is 2. The van der Waals surface area contributed by atoms with Gasteiger partial charge in [-0.2, -0.15) is 12.6 Å². The molecule has 0 spiro atoms. The van der Waals surface area contributed by atoms with Crippen LogP contribution in [0.5, 0.6) is 5.75 Å². The van der Waals surface area contributed by atoms with Crippen LogP contribution in [-0.2, 0) is 54.4 Å². The number of primary amides is 1. The molecule has 0 aromatic heterocycles. The molecule has 25 heteroatoms. The number of amides is 8. The summed E-state index contributed by atoms with van der Waals surface area (Å²) in [5, 5.41) is 54.6. The standard InChI is InChI=1S/C37H58N10O14S/c1-18(2)30(36(59)45-25(37(60)61)13-19-6-8-20(49)9-7-19)47-35(58)26(16-48)46-34(57)24(14-29(52)53)42-28(51)15-41-32(55)22(5-3-4-12-38)44-33(56)23(10-11-27(40)50)43-31(54)21(39)17-62/h6-9,18,21-26,30,48-49,62H,3-5,10-17,38-39H2,1-2H3,(H2,40,50)(H,41,55)(H,42,51)(H,43,54)(H,44,56)(H,45,59)(H,46,57)(H,47,58)(H,52,53)(H,60,61)/t21-,22-,23-,24-,25-,26-,30-/m0/s1. The maximum atomic E-state index is 13.2. The molecular weight excluding hydrogens is 841 g/mol. The van der Waals surface area contributed by atoms with E-state index in [2.05, 4.69) is 49.8 Å². The van der Waals surface area contributed by atoms with Crippen molar-refractivity contribution in [3.63, 3.8) is 0 Å². The van der Waals surface area contributed by atoms with E-state index >= 15 is 0 Å². The largest absolute Gasteiger partial charge is 0.508 e. The van der Waals surface area contributed by atoms with Crippen molar-refractivity contribution in [2.45, 2.75) is 101 Å². The lowest BCUT2D eigenvalue weighted by Gasteiger charge is -2.27. The Labute approximate surface area is 362 Å². The van der Waals surface area contributed by atoms with Crippen LogP contribution < -0.4 is 54.4 Å². The van der Waals surface area contributed by atoms with Crippen LogP contribution in [0.3, 0.4) is 0 Å². The highest BCUT2D eigenvalue weighted by Crippen LogP contribution is 2.13. The van der Waals surface area contributed by atoms with Crippen molar-refractivity contribution >= 4 is 71.8 Å². The lowest BCUT2D eigenvalue weighted by Crippen LogP contribution is -2.60. The normalized spacial score (nSPS) is 14.3. The summed E-state index contributed by atoms with van der Waals surface area (Å²) in [4.78, 5) is 126. The molecule has 24 nitrogen and oxygen atoms in total. The number of carbonyl (C=O) groups is 10. The first-order valence-corrected chi connectivity index (χ1v) is 20.0. The molecule has 346 valence electrons. The lowest BCUT2D eigenvalue weighted by atomic mass is 10.0. The van der Waals surface area contributed by atoms with Gasteiger partial charge < -0.3 is 74.8 Å². The van der Waals surface area contributed by atoms with E-state index in [1.54, 1.807) is 0 Å². The molecule has 0 aliphatic heterocycles. The Hall–Kier alpha value is -6.05. The lowest BCUT2D eigenvalue weighted by molar-refractivity contribution is -0.142. The zero-order valence-electron chi connectivity index (χ0n) is 34.3. The van der Waals surface area contributed by atoms with Gasteiger partial charge in [-0.25, -0.2) is 4.79 Å². The monoisotopic (exact) mass is 898 g/mol. The van der Waals surface area contributed by atoms with Gasteiger partial charge in [0.15, 0.2) is 0 Å². The Morgan fingerprint density at radius 2 is 1.24 bits per heavy atom. The zero-order valence-corrected chi connectivity index (χ0v) is 35.2. The fraction of sp³-hybridized carbons (Fsp3) is 0.568. The molecule has 0 radical (unpaired) electrons. The first kappa shape index (κ1) is 54.0. The summed E-state index contributed by atoms with van der Waals surface area (Å²) in [6.45, 7) is 1.35. The Kier molecular flexibility index (Phi) is 24.1. The second kappa shape index (κ2) is 27.7. The number of phenolic OH excluding ortho intramolecular Hbond substituents is 1. The molecule has 1 aromatic carbocycles. The van der Waals surface area contributed by atoms with Crippen molar-refractivity contribution in [2.24, 2.45) is 23.1 Å². The fourth-order valence-corrected chi connectivity index (χ4v) is 5.62. The number of rotatable bonds is 29. The van der Waals surface area contributed by atoms with Crippen molar-refractivity contribution in [3.8, 4) is 5.75 Å². The second-order valence-corrected chi connectivity index (χ2v) is 14.7. The predicted molar refractivity (Wildman–Crippen MR) is 221 cm³/mol. The van der Waals surface area contributed by atoms with Gasteiger partial charge in [-0.3, -0.25) is 43.2 Å². The van der Waals surface area contributed by atoms with Gasteiger partial charge in [0.05, 0.1) is 25.6 Å². The highest BCUT2D eigenvalue weighted by Gasteiger charge is 2.34. The number of nitrogens with two attached hydrogens (primary N) is 3. The molecule has 1 rings (SSSR count). The smallest absolute Gasteiger partial charge is 0.326 e. The van der Waals surface area contributed by atoms with Gasteiger partial charge in [-0.1, -0.05) is 26.0 Å². The first-order valence-electron chi connectivity index (χ1n) is 19.4. The SMILES string of the molecule is CC(C)[C@H](NC(=O)[C@H](CO)NC(=O)[C@H](CC(=O)O)NC(=O)CNC(=O)[C@H](CCCCN)NC(=O)[C@H](CCC(N)=O)NC(=O)[C@@H](N)CS)C(=O)N[C@@H](Cc1ccc(O)cc1)C(=O)O. The molecule has 1 aromatic rings. The maximum Gasteiger partial charge on any atom is 0.326 e. The van der Waals surface area contributed by atoms with Gasteiger partial charge in [0.25, 0.3) is 0 Å². The minimum Gasteiger partial charge on any atom is -0.508 e. The van der Waals surface area contributed by atoms with E-state index in [9.17, 15) is 68.4 Å². The molecule has 0 aliphatic carbocycles. The number of carboxylic acid groups (broad SMARTS) is 2. The molecule has 0 fully saturated rings. The maximum absolute atomic E-state index is 13.2. The molecule has 8 amide bonds. The predicted octanol–water partition coefficient (Wildman–Crippen LogP) is -5.18. The van der Waals surface area contributed by atoms with E-state index in [1.807, 2.05) is 0 Å². The Balaban J connectivity index is 3.06. The van der Waals surface area contributed by atoms with Crippen LogP contribution in [-0.4, -0.2) is 147 Å². The number of nitrogens with one attached hydrogen (secondary N) is 7. The van der Waals surface area contributed by atoms with Gasteiger partial charge in [0.2, 0.25) is 47.3 Å². The topological polar surface area (TPSA) is 414 Å². The third-order valence-electron chi connectivity index (χ3n) is 8.93. The number of thiol groups is 1. The average molecular weight is 899 g/mol. The zero-order chi connectivity index (χ0) is 47.1. The minimum absolute atomic E-state index is 0.00301. The summed E-state index contributed by atoms with van der Waals surface area (Å²) in [6.07, 6.45) is -1.05. The summed E-state index contributed by atoms with van der Waals surface area (Å²) in [7, 11) is 0. The third kappa shape index (κ3) is 20.0. The van der Waals surface area contributed by atoms with Gasteiger partial charge in [-0.05, 0) is 55.8 Å². The second-order valence-electron chi connectivity index (χ2n) is 14.4. The summed E-state index contributed by atoms with van der Waals surface area (Å²) in [5.41, 5.74) is 16.9. The number of benzene rings is 1. The molecular formula is C37H58N10O14S. The molecule has 0 saturated heterocycles. The number of hydrogen-bond acceptors (Lipinski definition) is 15. The average Bonchev–Trinajstić information content (AvgIpc) is 3.21. The van der Waals surface area contributed by atoms with Crippen LogP contribution in [0.25, 0.3) is 0 Å². The molecule has 17 N–H and O–H groups in total. The number of unbranched alkanes of at least 4 members (excludes halogenated alkanes) is 1. The van der Waals surface area contributed by atoms with Crippen molar-refractivity contribution in [2.75, 3.05) is 25.4 Å². The van der Waals surface area contributed by atoms with Gasteiger partial charge >= 0.3 is 11.9 Å². The first-order chi connectivity index (χ1) is 29.1. The molecule has 62 heavy (non-hydrogen) atoms. The van der Waals surface area contributed by atoms with Gasteiger partial charge in [0, 0.05) is 18.6 Å². The van der Waals surface area contributed by atoms with Crippen molar-refractivity contribution in [1.82, 2.24) is 37.2 Å². The number of carboxylic acids is 2. The van der Waals surface area contributed by atoms with Crippen LogP contribution >= 0.6 is 12.6 Å².